The van der Waals surface area contributed by atoms with E-state index in [2.05, 4.69) is 67.6 Å². The Bertz CT molecular complexity index is 1270. The van der Waals surface area contributed by atoms with Gasteiger partial charge in [0.25, 0.3) is 0 Å². The van der Waals surface area contributed by atoms with Crippen molar-refractivity contribution in [1.29, 1.82) is 5.26 Å². The number of hydrogen-bond acceptors (Lipinski definition) is 9. The van der Waals surface area contributed by atoms with Crippen molar-refractivity contribution >= 4 is 29.0 Å². The first-order valence-corrected chi connectivity index (χ1v) is 11.9. The molecule has 0 saturated carbocycles. The fourth-order valence-corrected chi connectivity index (χ4v) is 4.85. The summed E-state index contributed by atoms with van der Waals surface area (Å²) in [6, 6.07) is 14.6. The zero-order chi connectivity index (χ0) is 24.6. The molecule has 0 bridgehead atoms. The van der Waals surface area contributed by atoms with Crippen LogP contribution in [0.15, 0.2) is 42.6 Å². The van der Waals surface area contributed by atoms with E-state index in [1.54, 1.807) is 6.92 Å². The van der Waals surface area contributed by atoms with E-state index >= 15 is 0 Å². The van der Waals surface area contributed by atoms with Crippen LogP contribution < -0.4 is 15.5 Å². The van der Waals surface area contributed by atoms with Gasteiger partial charge in [-0.15, -0.1) is 0 Å². The van der Waals surface area contributed by atoms with Gasteiger partial charge >= 0.3 is 0 Å². The van der Waals surface area contributed by atoms with E-state index in [-0.39, 0.29) is 0 Å². The first-order chi connectivity index (χ1) is 16.8. The molecule has 9 nitrogen and oxygen atoms in total. The number of aryl methyl sites for hydroxylation is 1. The standard InChI is InChI=1S/C26H30N8O/c1-17-16-33(3)12-13-34(17)21-7-5-20(6-8-21)29-25-28-15-19(14-27)24(32-25)31-22-9-4-18-10-11-26(2,35)23(18)30-22/h4-9,15,17,35H,10-13,16H2,1-3H3,(H2,28,29,30,31,32). The Labute approximate surface area is 205 Å². The van der Waals surface area contributed by atoms with Crippen molar-refractivity contribution in [2.24, 2.45) is 0 Å². The van der Waals surface area contributed by atoms with Crippen LogP contribution in [0.2, 0.25) is 0 Å². The molecular weight excluding hydrogens is 440 g/mol. The molecule has 35 heavy (non-hydrogen) atoms. The Hall–Kier alpha value is -3.74. The van der Waals surface area contributed by atoms with E-state index in [1.165, 1.54) is 11.9 Å². The predicted octanol–water partition coefficient (Wildman–Crippen LogP) is 3.52. The van der Waals surface area contributed by atoms with Crippen LogP contribution in [0.3, 0.4) is 0 Å². The summed E-state index contributed by atoms with van der Waals surface area (Å²) in [5, 5.41) is 26.5. The van der Waals surface area contributed by atoms with Crippen LogP contribution in [0.1, 0.15) is 37.1 Å². The third kappa shape index (κ3) is 4.76. The van der Waals surface area contributed by atoms with Gasteiger partial charge in [-0.05, 0) is 69.6 Å². The molecule has 2 aromatic heterocycles. The minimum absolute atomic E-state index is 0.309. The molecule has 0 radical (unpaired) electrons. The second kappa shape index (κ2) is 9.13. The molecule has 0 amide bonds. The van der Waals surface area contributed by atoms with Crippen molar-refractivity contribution in [2.45, 2.75) is 38.3 Å². The number of piperazine rings is 1. The van der Waals surface area contributed by atoms with E-state index in [0.29, 0.717) is 41.3 Å². The SMILES string of the molecule is CC1CN(C)CCN1c1ccc(Nc2ncc(C#N)c(Nc3ccc4c(n3)C(C)(O)CC4)n2)cc1. The molecule has 3 N–H and O–H groups in total. The molecule has 180 valence electrons. The maximum absolute atomic E-state index is 10.6. The monoisotopic (exact) mass is 470 g/mol. The van der Waals surface area contributed by atoms with Crippen LogP contribution in [0, 0.1) is 11.3 Å². The Morgan fingerprint density at radius 1 is 1.11 bits per heavy atom. The number of pyridine rings is 1. The highest BCUT2D eigenvalue weighted by atomic mass is 16.3. The number of aliphatic hydroxyl groups is 1. The minimum atomic E-state index is -0.947. The summed E-state index contributed by atoms with van der Waals surface area (Å²) in [5.41, 5.74) is 3.13. The van der Waals surface area contributed by atoms with Gasteiger partial charge in [0.1, 0.15) is 23.1 Å². The zero-order valence-electron chi connectivity index (χ0n) is 20.3. The third-order valence-electron chi connectivity index (χ3n) is 6.81. The molecule has 1 aliphatic carbocycles. The quantitative estimate of drug-likeness (QED) is 0.515. The smallest absolute Gasteiger partial charge is 0.229 e. The molecule has 0 spiro atoms. The van der Waals surface area contributed by atoms with Crippen molar-refractivity contribution in [1.82, 2.24) is 19.9 Å². The maximum Gasteiger partial charge on any atom is 0.229 e. The van der Waals surface area contributed by atoms with E-state index in [0.717, 1.165) is 37.3 Å². The van der Waals surface area contributed by atoms with Crippen LogP contribution in [0.5, 0.6) is 0 Å². The lowest BCUT2D eigenvalue weighted by molar-refractivity contribution is 0.0555. The average Bonchev–Trinajstić information content (AvgIpc) is 3.14. The predicted molar refractivity (Wildman–Crippen MR) is 136 cm³/mol. The lowest BCUT2D eigenvalue weighted by Gasteiger charge is -2.39. The summed E-state index contributed by atoms with van der Waals surface area (Å²) in [6.45, 7) is 7.13. The Kier molecular flexibility index (Phi) is 6.01. The normalized spacial score (nSPS) is 21.9. The highest BCUT2D eigenvalue weighted by molar-refractivity contribution is 5.65. The Morgan fingerprint density at radius 3 is 2.66 bits per heavy atom. The first-order valence-electron chi connectivity index (χ1n) is 11.9. The van der Waals surface area contributed by atoms with Crippen LogP contribution >= 0.6 is 0 Å². The second-order valence-corrected chi connectivity index (χ2v) is 9.65. The van der Waals surface area contributed by atoms with Gasteiger partial charge in [0.2, 0.25) is 5.95 Å². The van der Waals surface area contributed by atoms with Gasteiger partial charge in [-0.2, -0.15) is 10.2 Å². The van der Waals surface area contributed by atoms with Gasteiger partial charge in [0.05, 0.1) is 11.9 Å². The molecule has 1 aliphatic heterocycles. The number of fused-ring (bicyclic) bond motifs is 1. The zero-order valence-corrected chi connectivity index (χ0v) is 20.3. The molecule has 1 fully saturated rings. The number of benzene rings is 1. The summed E-state index contributed by atoms with van der Waals surface area (Å²) in [7, 11) is 2.16. The highest BCUT2D eigenvalue weighted by Gasteiger charge is 2.33. The number of nitrogens with one attached hydrogen (secondary N) is 2. The second-order valence-electron chi connectivity index (χ2n) is 9.65. The molecule has 1 saturated heterocycles. The van der Waals surface area contributed by atoms with Gasteiger partial charge in [-0.3, -0.25) is 0 Å². The Morgan fingerprint density at radius 2 is 1.91 bits per heavy atom. The van der Waals surface area contributed by atoms with Crippen molar-refractivity contribution < 1.29 is 5.11 Å². The Balaban J connectivity index is 1.33. The van der Waals surface area contributed by atoms with Crippen LogP contribution in [-0.2, 0) is 12.0 Å². The molecule has 2 unspecified atom stereocenters. The average molecular weight is 471 g/mol. The molecule has 5 rings (SSSR count). The topological polar surface area (TPSA) is 113 Å². The number of aromatic nitrogens is 3. The molecule has 2 aliphatic rings. The summed E-state index contributed by atoms with van der Waals surface area (Å²) < 4.78 is 0. The number of hydrogen-bond donors (Lipinski definition) is 3. The van der Waals surface area contributed by atoms with Gasteiger partial charge < -0.3 is 25.5 Å². The molecule has 1 aromatic carbocycles. The van der Waals surface area contributed by atoms with Gasteiger partial charge in [0, 0.05) is 37.1 Å². The fourth-order valence-electron chi connectivity index (χ4n) is 4.85. The lowest BCUT2D eigenvalue weighted by atomic mass is 10.0. The van der Waals surface area contributed by atoms with E-state index in [1.807, 2.05) is 24.3 Å². The largest absolute Gasteiger partial charge is 0.384 e. The molecule has 9 heteroatoms. The van der Waals surface area contributed by atoms with Crippen molar-refractivity contribution in [3.63, 3.8) is 0 Å². The lowest BCUT2D eigenvalue weighted by Crippen LogP contribution is -2.50. The number of nitrogens with zero attached hydrogens (tertiary/aromatic N) is 6. The van der Waals surface area contributed by atoms with Crippen LogP contribution in [-0.4, -0.2) is 57.7 Å². The summed E-state index contributed by atoms with van der Waals surface area (Å²) in [6.07, 6.45) is 2.94. The number of nitriles is 1. The van der Waals surface area contributed by atoms with Crippen molar-refractivity contribution in [2.75, 3.05) is 42.2 Å². The van der Waals surface area contributed by atoms with Gasteiger partial charge in [-0.1, -0.05) is 6.07 Å². The van der Waals surface area contributed by atoms with E-state index in [9.17, 15) is 10.4 Å². The van der Waals surface area contributed by atoms with Crippen LogP contribution in [0.4, 0.5) is 29.0 Å². The summed E-state index contributed by atoms with van der Waals surface area (Å²) in [5.74, 6) is 1.26. The number of rotatable bonds is 5. The molecular formula is C26H30N8O. The van der Waals surface area contributed by atoms with Crippen molar-refractivity contribution in [3.05, 3.63) is 59.4 Å². The maximum atomic E-state index is 10.6. The third-order valence-corrected chi connectivity index (χ3v) is 6.81. The number of anilines is 5. The van der Waals surface area contributed by atoms with E-state index in [4.69, 9.17) is 0 Å². The molecule has 3 heterocycles. The van der Waals surface area contributed by atoms with Gasteiger partial charge in [0.15, 0.2) is 5.82 Å². The van der Waals surface area contributed by atoms with Crippen molar-refractivity contribution in [3.8, 4) is 6.07 Å². The number of likely N-dealkylation sites (N-methyl/N-ethyl adjacent to an activating group) is 1. The van der Waals surface area contributed by atoms with Crippen LogP contribution in [0.25, 0.3) is 0 Å². The first kappa shape index (κ1) is 23.0. The van der Waals surface area contributed by atoms with E-state index < -0.39 is 5.60 Å². The molecule has 3 aromatic rings. The highest BCUT2D eigenvalue weighted by Crippen LogP contribution is 2.36. The minimum Gasteiger partial charge on any atom is -0.384 e. The van der Waals surface area contributed by atoms with Gasteiger partial charge in [-0.25, -0.2) is 9.97 Å². The fraction of sp³-hybridized carbons (Fsp3) is 0.385. The summed E-state index contributed by atoms with van der Waals surface area (Å²) in [4.78, 5) is 18.2. The summed E-state index contributed by atoms with van der Waals surface area (Å²) >= 11 is 0. The molecule has 2 atom stereocenters.